The van der Waals surface area contributed by atoms with Gasteiger partial charge in [-0.2, -0.15) is 0 Å². The van der Waals surface area contributed by atoms with Crippen molar-refractivity contribution in [2.24, 2.45) is 14.1 Å². The Kier molecular flexibility index (Phi) is 6.15. The van der Waals surface area contributed by atoms with Gasteiger partial charge in [0.15, 0.2) is 16.3 Å². The number of carbonyl (C=O) groups excluding carboxylic acids is 1. The van der Waals surface area contributed by atoms with Crippen LogP contribution in [0, 0.1) is 0 Å². The maximum atomic E-state index is 13.6. The minimum Gasteiger partial charge on any atom is -0.494 e. The molecule has 0 bridgehead atoms. The number of carbonyl (C=O) groups is 1. The summed E-state index contributed by atoms with van der Waals surface area (Å²) in [7, 11) is 2.95. The van der Waals surface area contributed by atoms with E-state index < -0.39 is 11.2 Å². The molecule has 11 nitrogen and oxygen atoms in total. The standard InChI is InChI=1S/C23H26N6O5S/c1-4-33-14-7-8-16-17(10-14)35-22(25-16)29(11-15-6-5-9-34-15)18(30)12-28-13-24-20-19(28)21(31)27(3)23(32)26(20)2/h7-8,10,13,15H,4-6,9,11-12H2,1-3H3. The second kappa shape index (κ2) is 9.27. The Hall–Kier alpha value is -3.51. The highest BCUT2D eigenvalue weighted by Gasteiger charge is 2.27. The molecule has 1 fully saturated rings. The minimum absolute atomic E-state index is 0.0850. The van der Waals surface area contributed by atoms with E-state index >= 15 is 0 Å². The van der Waals surface area contributed by atoms with Crippen LogP contribution in [-0.4, -0.2) is 55.4 Å². The van der Waals surface area contributed by atoms with Crippen molar-refractivity contribution >= 4 is 43.8 Å². The molecule has 35 heavy (non-hydrogen) atoms. The molecule has 1 unspecified atom stereocenters. The molecule has 0 radical (unpaired) electrons. The van der Waals surface area contributed by atoms with E-state index in [-0.39, 0.29) is 29.7 Å². The fourth-order valence-corrected chi connectivity index (χ4v) is 5.31. The van der Waals surface area contributed by atoms with Crippen LogP contribution in [0.2, 0.25) is 0 Å². The fraction of sp³-hybridized carbons (Fsp3) is 0.435. The normalized spacial score (nSPS) is 15.8. The fourth-order valence-electron chi connectivity index (χ4n) is 4.29. The van der Waals surface area contributed by atoms with Gasteiger partial charge in [-0.05, 0) is 38.0 Å². The summed E-state index contributed by atoms with van der Waals surface area (Å²) in [6.07, 6.45) is 3.14. The third-order valence-electron chi connectivity index (χ3n) is 6.12. The molecular formula is C23H26N6O5S. The molecule has 0 aliphatic carbocycles. The summed E-state index contributed by atoms with van der Waals surface area (Å²) in [5.74, 6) is 0.498. The Morgan fingerprint density at radius 1 is 1.29 bits per heavy atom. The second-order valence-electron chi connectivity index (χ2n) is 8.45. The number of aromatic nitrogens is 5. The predicted molar refractivity (Wildman–Crippen MR) is 132 cm³/mol. The number of amides is 1. The topological polar surface area (TPSA) is 113 Å². The summed E-state index contributed by atoms with van der Waals surface area (Å²) in [5, 5.41) is 0.555. The van der Waals surface area contributed by atoms with Crippen LogP contribution in [0.25, 0.3) is 21.4 Å². The second-order valence-corrected chi connectivity index (χ2v) is 9.46. The molecule has 1 saturated heterocycles. The van der Waals surface area contributed by atoms with Gasteiger partial charge < -0.3 is 14.0 Å². The maximum absolute atomic E-state index is 13.6. The Labute approximate surface area is 204 Å². The monoisotopic (exact) mass is 498 g/mol. The van der Waals surface area contributed by atoms with Gasteiger partial charge in [0.25, 0.3) is 5.56 Å². The van der Waals surface area contributed by atoms with Crippen LogP contribution in [0.5, 0.6) is 5.75 Å². The van der Waals surface area contributed by atoms with Crippen molar-refractivity contribution in [2.45, 2.75) is 32.4 Å². The molecule has 0 spiro atoms. The molecule has 0 saturated carbocycles. The van der Waals surface area contributed by atoms with Crippen LogP contribution in [-0.2, 0) is 30.2 Å². The third-order valence-corrected chi connectivity index (χ3v) is 7.17. The van der Waals surface area contributed by atoms with E-state index in [0.29, 0.717) is 24.9 Å². The number of benzene rings is 1. The van der Waals surface area contributed by atoms with Crippen molar-refractivity contribution in [3.8, 4) is 5.75 Å². The van der Waals surface area contributed by atoms with Gasteiger partial charge in [0.1, 0.15) is 12.3 Å². The van der Waals surface area contributed by atoms with Gasteiger partial charge in [-0.1, -0.05) is 11.3 Å². The van der Waals surface area contributed by atoms with Crippen LogP contribution in [0.15, 0.2) is 34.1 Å². The Morgan fingerprint density at radius 3 is 2.86 bits per heavy atom. The van der Waals surface area contributed by atoms with Gasteiger partial charge in [-0.25, -0.2) is 14.8 Å². The van der Waals surface area contributed by atoms with Gasteiger partial charge in [0.05, 0.1) is 35.8 Å². The van der Waals surface area contributed by atoms with Crippen molar-refractivity contribution in [1.82, 2.24) is 23.7 Å². The molecule has 1 atom stereocenters. The van der Waals surface area contributed by atoms with E-state index in [1.807, 2.05) is 25.1 Å². The molecule has 3 aromatic heterocycles. The number of hydrogen-bond acceptors (Lipinski definition) is 8. The number of aryl methyl sites for hydroxylation is 1. The summed E-state index contributed by atoms with van der Waals surface area (Å²) in [6, 6.07) is 5.66. The molecule has 1 aliphatic heterocycles. The number of hydrogen-bond donors (Lipinski definition) is 0. The average molecular weight is 499 g/mol. The summed E-state index contributed by atoms with van der Waals surface area (Å²) >= 11 is 1.41. The number of anilines is 1. The van der Waals surface area contributed by atoms with Gasteiger partial charge >= 0.3 is 5.69 Å². The molecule has 1 amide bonds. The lowest BCUT2D eigenvalue weighted by Gasteiger charge is -2.23. The van der Waals surface area contributed by atoms with Gasteiger partial charge in [-0.3, -0.25) is 23.6 Å². The van der Waals surface area contributed by atoms with E-state index in [9.17, 15) is 14.4 Å². The molecule has 0 N–H and O–H groups in total. The number of ether oxygens (including phenoxy) is 2. The first-order chi connectivity index (χ1) is 16.9. The predicted octanol–water partition coefficient (Wildman–Crippen LogP) is 1.65. The van der Waals surface area contributed by atoms with Crippen LogP contribution in [0.3, 0.4) is 0 Å². The van der Waals surface area contributed by atoms with Gasteiger partial charge in [0, 0.05) is 20.7 Å². The highest BCUT2D eigenvalue weighted by molar-refractivity contribution is 7.22. The summed E-state index contributed by atoms with van der Waals surface area (Å²) in [4.78, 5) is 49.2. The lowest BCUT2D eigenvalue weighted by atomic mass is 10.2. The van der Waals surface area contributed by atoms with Crippen LogP contribution < -0.4 is 20.9 Å². The smallest absolute Gasteiger partial charge is 0.332 e. The van der Waals surface area contributed by atoms with E-state index in [0.717, 1.165) is 33.4 Å². The largest absolute Gasteiger partial charge is 0.494 e. The summed E-state index contributed by atoms with van der Waals surface area (Å²) in [5.41, 5.74) is 0.240. The first kappa shape index (κ1) is 23.2. The zero-order chi connectivity index (χ0) is 24.7. The lowest BCUT2D eigenvalue weighted by molar-refractivity contribution is -0.119. The Bertz CT molecular complexity index is 1530. The first-order valence-electron chi connectivity index (χ1n) is 11.4. The van der Waals surface area contributed by atoms with Crippen molar-refractivity contribution in [1.29, 1.82) is 0 Å². The SMILES string of the molecule is CCOc1ccc2nc(N(CC3CCCO3)C(=O)Cn3cnc4c3c(=O)n(C)c(=O)n4C)sc2c1. The average Bonchev–Trinajstić information content (AvgIpc) is 3.59. The van der Waals surface area contributed by atoms with E-state index in [1.54, 1.807) is 11.9 Å². The molecule has 12 heteroatoms. The van der Waals surface area contributed by atoms with E-state index in [2.05, 4.69) is 4.98 Å². The van der Waals surface area contributed by atoms with Crippen molar-refractivity contribution in [3.63, 3.8) is 0 Å². The highest BCUT2D eigenvalue weighted by atomic mass is 32.1. The van der Waals surface area contributed by atoms with E-state index in [1.165, 1.54) is 33.8 Å². The zero-order valence-corrected chi connectivity index (χ0v) is 20.6. The summed E-state index contributed by atoms with van der Waals surface area (Å²) < 4.78 is 16.1. The lowest BCUT2D eigenvalue weighted by Crippen LogP contribution is -2.40. The molecule has 1 aromatic carbocycles. The van der Waals surface area contributed by atoms with Crippen molar-refractivity contribution in [3.05, 3.63) is 45.4 Å². The first-order valence-corrected chi connectivity index (χ1v) is 12.2. The number of fused-ring (bicyclic) bond motifs is 2. The van der Waals surface area contributed by atoms with Crippen LogP contribution in [0.1, 0.15) is 19.8 Å². The zero-order valence-electron chi connectivity index (χ0n) is 19.8. The minimum atomic E-state index is -0.498. The van der Waals surface area contributed by atoms with Crippen molar-refractivity contribution in [2.75, 3.05) is 24.7 Å². The Morgan fingerprint density at radius 2 is 2.11 bits per heavy atom. The Balaban J connectivity index is 1.51. The number of imidazole rings is 1. The highest BCUT2D eigenvalue weighted by Crippen LogP contribution is 2.32. The van der Waals surface area contributed by atoms with Crippen molar-refractivity contribution < 1.29 is 14.3 Å². The molecule has 1 aliphatic rings. The molecule has 4 heterocycles. The van der Waals surface area contributed by atoms with Crippen LogP contribution >= 0.6 is 11.3 Å². The molecule has 184 valence electrons. The number of nitrogens with zero attached hydrogens (tertiary/aromatic N) is 6. The quantitative estimate of drug-likeness (QED) is 0.381. The van der Waals surface area contributed by atoms with Gasteiger partial charge in [-0.15, -0.1) is 0 Å². The van der Waals surface area contributed by atoms with Gasteiger partial charge in [0.2, 0.25) is 5.91 Å². The summed E-state index contributed by atoms with van der Waals surface area (Å²) in [6.45, 7) is 3.39. The number of thiazole rings is 1. The molecule has 4 aromatic rings. The maximum Gasteiger partial charge on any atom is 0.332 e. The molecular weight excluding hydrogens is 472 g/mol. The third kappa shape index (κ3) is 4.23. The number of rotatable bonds is 7. The van der Waals surface area contributed by atoms with Crippen LogP contribution in [0.4, 0.5) is 5.13 Å². The van der Waals surface area contributed by atoms with E-state index in [4.69, 9.17) is 14.5 Å². The molecule has 5 rings (SSSR count).